The lowest BCUT2D eigenvalue weighted by atomic mass is 10.2. The number of aryl methyl sites for hydroxylation is 1. The molecule has 0 aliphatic carbocycles. The van der Waals surface area contributed by atoms with Crippen LogP contribution in [0.15, 0.2) is 42.5 Å². The van der Waals surface area contributed by atoms with Gasteiger partial charge < -0.3 is 20.1 Å². The summed E-state index contributed by atoms with van der Waals surface area (Å²) in [4.78, 5) is 14.3. The second kappa shape index (κ2) is 10.1. The number of halogens is 1. The summed E-state index contributed by atoms with van der Waals surface area (Å²) >= 11 is 0. The molecule has 1 aliphatic heterocycles. The van der Waals surface area contributed by atoms with Gasteiger partial charge in [-0.25, -0.2) is 9.18 Å². The third kappa shape index (κ3) is 6.21. The summed E-state index contributed by atoms with van der Waals surface area (Å²) in [5, 5.41) is 5.25. The van der Waals surface area contributed by atoms with E-state index in [0.717, 1.165) is 49.7 Å². The van der Waals surface area contributed by atoms with E-state index in [4.69, 9.17) is 9.47 Å². The Bertz CT molecular complexity index is 794. The van der Waals surface area contributed by atoms with Gasteiger partial charge in [0.2, 0.25) is 0 Å². The molecule has 2 aromatic rings. The molecular weight excluding hydrogens is 361 g/mol. The molecule has 0 aromatic heterocycles. The Hall–Kier alpha value is -2.64. The van der Waals surface area contributed by atoms with E-state index >= 15 is 0 Å². The Balaban J connectivity index is 1.44. The molecule has 0 spiro atoms. The average molecular weight is 387 g/mol. The molecule has 3 rings (SSSR count). The topological polar surface area (TPSA) is 62.8 Å². The summed E-state index contributed by atoms with van der Waals surface area (Å²) in [6.07, 6.45) is 0. The second-order valence-corrected chi connectivity index (χ2v) is 6.74. The lowest BCUT2D eigenvalue weighted by Crippen LogP contribution is -2.38. The number of carbonyl (C=O) groups excluding carboxylic acids is 1. The minimum Gasteiger partial charge on any atom is -0.492 e. The van der Waals surface area contributed by atoms with Crippen LogP contribution in [0.5, 0.6) is 5.75 Å². The largest absolute Gasteiger partial charge is 0.492 e. The summed E-state index contributed by atoms with van der Waals surface area (Å²) < 4.78 is 25.0. The zero-order valence-electron chi connectivity index (χ0n) is 16.0. The number of hydrogen-bond acceptors (Lipinski definition) is 4. The van der Waals surface area contributed by atoms with Crippen LogP contribution < -0.4 is 15.4 Å². The maximum Gasteiger partial charge on any atom is 0.319 e. The van der Waals surface area contributed by atoms with Gasteiger partial charge in [0.15, 0.2) is 0 Å². The minimum atomic E-state index is -0.457. The number of anilines is 1. The Kier molecular flexibility index (Phi) is 7.22. The zero-order chi connectivity index (χ0) is 19.8. The van der Waals surface area contributed by atoms with Gasteiger partial charge in [0.25, 0.3) is 0 Å². The van der Waals surface area contributed by atoms with E-state index in [1.807, 2.05) is 24.3 Å². The zero-order valence-corrected chi connectivity index (χ0v) is 16.0. The Morgan fingerprint density at radius 1 is 1.21 bits per heavy atom. The van der Waals surface area contributed by atoms with Gasteiger partial charge in [-0.15, -0.1) is 0 Å². The van der Waals surface area contributed by atoms with Crippen LogP contribution in [-0.2, 0) is 11.3 Å². The highest BCUT2D eigenvalue weighted by Crippen LogP contribution is 2.16. The number of nitrogens with zero attached hydrogens (tertiary/aromatic N) is 1. The van der Waals surface area contributed by atoms with Crippen LogP contribution in [-0.4, -0.2) is 50.4 Å². The van der Waals surface area contributed by atoms with E-state index < -0.39 is 11.8 Å². The lowest BCUT2D eigenvalue weighted by Gasteiger charge is -2.26. The van der Waals surface area contributed by atoms with Crippen molar-refractivity contribution in [3.8, 4) is 5.75 Å². The Morgan fingerprint density at radius 2 is 2.04 bits per heavy atom. The van der Waals surface area contributed by atoms with E-state index in [2.05, 4.69) is 15.5 Å². The SMILES string of the molecule is Cc1ccc(NC(=O)NCc2cccc(OCCN3CCOCC3)c2)c(F)c1. The highest BCUT2D eigenvalue weighted by atomic mass is 19.1. The van der Waals surface area contributed by atoms with Crippen molar-refractivity contribution in [2.75, 3.05) is 44.8 Å². The summed E-state index contributed by atoms with van der Waals surface area (Å²) in [7, 11) is 0. The van der Waals surface area contributed by atoms with Gasteiger partial charge >= 0.3 is 6.03 Å². The predicted octanol–water partition coefficient (Wildman–Crippen LogP) is 3.17. The molecule has 0 saturated carbocycles. The lowest BCUT2D eigenvalue weighted by molar-refractivity contribution is 0.0322. The molecule has 1 heterocycles. The van der Waals surface area contributed by atoms with Crippen LogP contribution in [0.1, 0.15) is 11.1 Å². The number of morpholine rings is 1. The van der Waals surface area contributed by atoms with Crippen molar-refractivity contribution in [2.45, 2.75) is 13.5 Å². The number of amides is 2. The normalized spacial score (nSPS) is 14.5. The molecule has 2 amide bonds. The maximum absolute atomic E-state index is 13.8. The van der Waals surface area contributed by atoms with Crippen LogP contribution in [0.3, 0.4) is 0 Å². The average Bonchev–Trinajstić information content (AvgIpc) is 2.70. The van der Waals surface area contributed by atoms with Gasteiger partial charge in [-0.1, -0.05) is 18.2 Å². The van der Waals surface area contributed by atoms with Crippen LogP contribution in [0.25, 0.3) is 0 Å². The molecular formula is C21H26FN3O3. The molecule has 0 bridgehead atoms. The number of ether oxygens (including phenoxy) is 2. The van der Waals surface area contributed by atoms with Crippen molar-refractivity contribution < 1.29 is 18.7 Å². The summed E-state index contributed by atoms with van der Waals surface area (Å²) in [6.45, 7) is 6.99. The van der Waals surface area contributed by atoms with Crippen LogP contribution in [0.4, 0.5) is 14.9 Å². The molecule has 1 saturated heterocycles. The van der Waals surface area contributed by atoms with Crippen LogP contribution >= 0.6 is 0 Å². The van der Waals surface area contributed by atoms with Crippen molar-refractivity contribution in [2.24, 2.45) is 0 Å². The van der Waals surface area contributed by atoms with Gasteiger partial charge in [-0.2, -0.15) is 0 Å². The number of nitrogens with one attached hydrogen (secondary N) is 2. The number of carbonyl (C=O) groups is 1. The first kappa shape index (κ1) is 20.1. The van der Waals surface area contributed by atoms with E-state index in [1.165, 1.54) is 6.07 Å². The third-order valence-electron chi connectivity index (χ3n) is 4.50. The van der Waals surface area contributed by atoms with E-state index in [-0.39, 0.29) is 5.69 Å². The molecule has 1 aliphatic rings. The first-order valence-electron chi connectivity index (χ1n) is 9.43. The molecule has 1 fully saturated rings. The number of hydrogen-bond donors (Lipinski definition) is 2. The van der Waals surface area contributed by atoms with Gasteiger partial charge in [-0.3, -0.25) is 4.90 Å². The second-order valence-electron chi connectivity index (χ2n) is 6.74. The third-order valence-corrected chi connectivity index (χ3v) is 4.50. The summed E-state index contributed by atoms with van der Waals surface area (Å²) in [5.41, 5.74) is 1.86. The number of benzene rings is 2. The minimum absolute atomic E-state index is 0.156. The van der Waals surface area contributed by atoms with E-state index in [0.29, 0.717) is 13.2 Å². The highest BCUT2D eigenvalue weighted by molar-refractivity contribution is 5.89. The Labute approximate surface area is 164 Å². The van der Waals surface area contributed by atoms with Crippen molar-refractivity contribution >= 4 is 11.7 Å². The monoisotopic (exact) mass is 387 g/mol. The van der Waals surface area contributed by atoms with Gasteiger partial charge in [0, 0.05) is 26.2 Å². The fourth-order valence-corrected chi connectivity index (χ4v) is 2.93. The van der Waals surface area contributed by atoms with Gasteiger partial charge in [-0.05, 0) is 42.3 Å². The fraction of sp³-hybridized carbons (Fsp3) is 0.381. The quantitative estimate of drug-likeness (QED) is 0.766. The van der Waals surface area contributed by atoms with Crippen molar-refractivity contribution in [1.82, 2.24) is 10.2 Å². The molecule has 7 heteroatoms. The molecule has 2 N–H and O–H groups in total. The first-order chi connectivity index (χ1) is 13.6. The molecule has 150 valence electrons. The molecule has 6 nitrogen and oxygen atoms in total. The van der Waals surface area contributed by atoms with Gasteiger partial charge in [0.05, 0.1) is 18.9 Å². The number of rotatable bonds is 7. The smallest absolute Gasteiger partial charge is 0.319 e. The fourth-order valence-electron chi connectivity index (χ4n) is 2.93. The van der Waals surface area contributed by atoms with Crippen LogP contribution in [0.2, 0.25) is 0 Å². The molecule has 0 unspecified atom stereocenters. The van der Waals surface area contributed by atoms with E-state index in [1.54, 1.807) is 19.1 Å². The van der Waals surface area contributed by atoms with Crippen LogP contribution in [0, 0.1) is 12.7 Å². The molecule has 0 radical (unpaired) electrons. The van der Waals surface area contributed by atoms with Crippen molar-refractivity contribution in [3.05, 3.63) is 59.4 Å². The van der Waals surface area contributed by atoms with Crippen molar-refractivity contribution in [3.63, 3.8) is 0 Å². The van der Waals surface area contributed by atoms with Gasteiger partial charge in [0.1, 0.15) is 18.2 Å². The first-order valence-corrected chi connectivity index (χ1v) is 9.43. The highest BCUT2D eigenvalue weighted by Gasteiger charge is 2.10. The molecule has 0 atom stereocenters. The number of urea groups is 1. The predicted molar refractivity (Wildman–Crippen MR) is 106 cm³/mol. The standard InChI is InChI=1S/C21H26FN3O3/c1-16-5-6-20(19(22)13-16)24-21(26)23-15-17-3-2-4-18(14-17)28-12-9-25-7-10-27-11-8-25/h2-6,13-14H,7-12,15H2,1H3,(H2,23,24,26). The summed E-state index contributed by atoms with van der Waals surface area (Å²) in [5.74, 6) is 0.309. The summed E-state index contributed by atoms with van der Waals surface area (Å²) in [6, 6.07) is 11.8. The van der Waals surface area contributed by atoms with E-state index in [9.17, 15) is 9.18 Å². The maximum atomic E-state index is 13.8. The molecule has 28 heavy (non-hydrogen) atoms. The van der Waals surface area contributed by atoms with Crippen molar-refractivity contribution in [1.29, 1.82) is 0 Å². The Morgan fingerprint density at radius 3 is 2.82 bits per heavy atom. The molecule has 2 aromatic carbocycles.